The van der Waals surface area contributed by atoms with Crippen LogP contribution in [0.15, 0.2) is 54.9 Å². The van der Waals surface area contributed by atoms with Gasteiger partial charge in [-0.1, -0.05) is 31.9 Å². The average Bonchev–Trinajstić information content (AvgIpc) is 2.61. The van der Waals surface area contributed by atoms with Gasteiger partial charge in [0.1, 0.15) is 5.82 Å². The summed E-state index contributed by atoms with van der Waals surface area (Å²) in [5.41, 5.74) is 1.87. The van der Waals surface area contributed by atoms with Gasteiger partial charge in [-0.05, 0) is 47.9 Å². The number of hydrogen-bond donors (Lipinski definition) is 0. The highest BCUT2D eigenvalue weighted by Crippen LogP contribution is 2.10. The van der Waals surface area contributed by atoms with E-state index in [0.717, 1.165) is 30.4 Å². The van der Waals surface area contributed by atoms with Gasteiger partial charge in [-0.15, -0.1) is 0 Å². The molecular weight excluding hydrogens is 303 g/mol. The van der Waals surface area contributed by atoms with Crippen LogP contribution in [-0.2, 0) is 11.3 Å². The van der Waals surface area contributed by atoms with E-state index in [2.05, 4.69) is 11.9 Å². The van der Waals surface area contributed by atoms with Crippen LogP contribution in [0.3, 0.4) is 0 Å². The minimum Gasteiger partial charge on any atom is -0.335 e. The molecule has 0 aliphatic heterocycles. The van der Waals surface area contributed by atoms with Crippen LogP contribution < -0.4 is 0 Å². The molecule has 0 bridgehead atoms. The highest BCUT2D eigenvalue weighted by molar-refractivity contribution is 5.91. The fraction of sp³-hybridized carbons (Fsp3) is 0.300. The number of nitrogens with zero attached hydrogens (tertiary/aromatic N) is 2. The fourth-order valence-electron chi connectivity index (χ4n) is 2.38. The number of amides is 1. The molecule has 1 aromatic carbocycles. The zero-order valence-corrected chi connectivity index (χ0v) is 14.0. The Kier molecular flexibility index (Phi) is 7.15. The summed E-state index contributed by atoms with van der Waals surface area (Å²) in [6.45, 7) is 3.32. The van der Waals surface area contributed by atoms with Crippen LogP contribution in [0.25, 0.3) is 6.08 Å². The minimum atomic E-state index is -0.264. The van der Waals surface area contributed by atoms with Crippen molar-refractivity contribution in [2.45, 2.75) is 32.7 Å². The average molecular weight is 326 g/mol. The van der Waals surface area contributed by atoms with Crippen molar-refractivity contribution in [2.24, 2.45) is 0 Å². The quantitative estimate of drug-likeness (QED) is 0.530. The maximum absolute atomic E-state index is 13.0. The van der Waals surface area contributed by atoms with Crippen LogP contribution in [0.4, 0.5) is 4.39 Å². The van der Waals surface area contributed by atoms with E-state index in [1.807, 2.05) is 12.1 Å². The summed E-state index contributed by atoms with van der Waals surface area (Å²) >= 11 is 0. The van der Waals surface area contributed by atoms with Crippen molar-refractivity contribution in [3.8, 4) is 0 Å². The lowest BCUT2D eigenvalue weighted by molar-refractivity contribution is -0.126. The van der Waals surface area contributed by atoms with Crippen molar-refractivity contribution in [1.82, 2.24) is 9.88 Å². The number of hydrogen-bond acceptors (Lipinski definition) is 2. The second kappa shape index (κ2) is 9.60. The molecule has 0 saturated heterocycles. The van der Waals surface area contributed by atoms with Crippen LogP contribution in [0.1, 0.15) is 37.3 Å². The van der Waals surface area contributed by atoms with Crippen LogP contribution in [0.5, 0.6) is 0 Å². The van der Waals surface area contributed by atoms with Crippen LogP contribution in [-0.4, -0.2) is 22.3 Å². The largest absolute Gasteiger partial charge is 0.335 e. The maximum Gasteiger partial charge on any atom is 0.246 e. The van der Waals surface area contributed by atoms with Crippen molar-refractivity contribution >= 4 is 12.0 Å². The number of halogens is 1. The summed E-state index contributed by atoms with van der Waals surface area (Å²) in [5.74, 6) is -0.299. The molecule has 0 fully saturated rings. The second-order valence-corrected chi connectivity index (χ2v) is 5.71. The third kappa shape index (κ3) is 5.95. The molecule has 0 saturated carbocycles. The van der Waals surface area contributed by atoms with Gasteiger partial charge in [-0.2, -0.15) is 0 Å². The standard InChI is InChI=1S/C20H23FN2O/c1-2-3-4-15-23(16-18-5-8-19(21)9-6-18)20(24)10-7-17-11-13-22-14-12-17/h5-14H,2-4,15-16H2,1H3/b10-7+. The van der Waals surface area contributed by atoms with Gasteiger partial charge in [0.15, 0.2) is 0 Å². The third-order valence-electron chi connectivity index (χ3n) is 3.75. The van der Waals surface area contributed by atoms with Gasteiger partial charge in [-0.3, -0.25) is 9.78 Å². The molecule has 0 N–H and O–H groups in total. The summed E-state index contributed by atoms with van der Waals surface area (Å²) in [6.07, 6.45) is 9.93. The van der Waals surface area contributed by atoms with Gasteiger partial charge < -0.3 is 4.90 Å². The van der Waals surface area contributed by atoms with Crippen molar-refractivity contribution in [2.75, 3.05) is 6.54 Å². The van der Waals surface area contributed by atoms with Crippen molar-refractivity contribution < 1.29 is 9.18 Å². The number of carbonyl (C=O) groups is 1. The summed E-state index contributed by atoms with van der Waals surface area (Å²) in [4.78, 5) is 18.3. The molecule has 0 aliphatic carbocycles. The molecule has 126 valence electrons. The summed E-state index contributed by atoms with van der Waals surface area (Å²) < 4.78 is 13.0. The molecule has 0 unspecified atom stereocenters. The van der Waals surface area contributed by atoms with E-state index in [4.69, 9.17) is 0 Å². The Bertz CT molecular complexity index is 653. The number of rotatable bonds is 8. The molecule has 0 aliphatic rings. The van der Waals surface area contributed by atoms with E-state index in [1.165, 1.54) is 12.1 Å². The lowest BCUT2D eigenvalue weighted by Crippen LogP contribution is -2.30. The third-order valence-corrected chi connectivity index (χ3v) is 3.75. The van der Waals surface area contributed by atoms with E-state index < -0.39 is 0 Å². The fourth-order valence-corrected chi connectivity index (χ4v) is 2.38. The molecule has 0 radical (unpaired) electrons. The predicted molar refractivity (Wildman–Crippen MR) is 94.6 cm³/mol. The number of pyridine rings is 1. The molecule has 0 spiro atoms. The Morgan fingerprint density at radius 1 is 1.12 bits per heavy atom. The van der Waals surface area contributed by atoms with Gasteiger partial charge >= 0.3 is 0 Å². The van der Waals surface area contributed by atoms with Crippen molar-refractivity contribution in [1.29, 1.82) is 0 Å². The van der Waals surface area contributed by atoms with Gasteiger partial charge in [0.2, 0.25) is 5.91 Å². The Labute approximate surface area is 142 Å². The van der Waals surface area contributed by atoms with Gasteiger partial charge in [0.25, 0.3) is 0 Å². The SMILES string of the molecule is CCCCCN(Cc1ccc(F)cc1)C(=O)/C=C/c1ccncc1. The molecule has 4 heteroatoms. The van der Waals surface area contributed by atoms with Crippen LogP contribution in [0.2, 0.25) is 0 Å². The first kappa shape index (κ1) is 17.9. The monoisotopic (exact) mass is 326 g/mol. The van der Waals surface area contributed by atoms with Crippen molar-refractivity contribution in [3.63, 3.8) is 0 Å². The Hall–Kier alpha value is -2.49. The number of benzene rings is 1. The normalized spacial score (nSPS) is 10.9. The predicted octanol–water partition coefficient (Wildman–Crippen LogP) is 4.45. The molecule has 1 amide bonds. The van der Waals surface area contributed by atoms with Gasteiger partial charge in [0.05, 0.1) is 0 Å². The molecule has 1 aromatic heterocycles. The molecular formula is C20H23FN2O. The zero-order chi connectivity index (χ0) is 17.2. The maximum atomic E-state index is 13.0. The minimum absolute atomic E-state index is 0.0350. The smallest absolute Gasteiger partial charge is 0.246 e. The van der Waals surface area contributed by atoms with Gasteiger partial charge in [0, 0.05) is 31.6 Å². The molecule has 0 atom stereocenters. The molecule has 24 heavy (non-hydrogen) atoms. The highest BCUT2D eigenvalue weighted by Gasteiger charge is 2.11. The first-order valence-electron chi connectivity index (χ1n) is 8.30. The van der Waals surface area contributed by atoms with Crippen LogP contribution in [0, 0.1) is 5.82 Å². The van der Waals surface area contributed by atoms with E-state index in [9.17, 15) is 9.18 Å². The topological polar surface area (TPSA) is 33.2 Å². The number of unbranched alkanes of at least 4 members (excludes halogenated alkanes) is 2. The number of aromatic nitrogens is 1. The first-order chi connectivity index (χ1) is 11.7. The Morgan fingerprint density at radius 2 is 1.83 bits per heavy atom. The number of carbonyl (C=O) groups excluding carboxylic acids is 1. The Balaban J connectivity index is 2.04. The Morgan fingerprint density at radius 3 is 2.50 bits per heavy atom. The first-order valence-corrected chi connectivity index (χ1v) is 8.30. The zero-order valence-electron chi connectivity index (χ0n) is 14.0. The highest BCUT2D eigenvalue weighted by atomic mass is 19.1. The van der Waals surface area contributed by atoms with Gasteiger partial charge in [-0.25, -0.2) is 4.39 Å². The summed E-state index contributed by atoms with van der Waals surface area (Å²) in [7, 11) is 0. The van der Waals surface area contributed by atoms with E-state index in [0.29, 0.717) is 13.1 Å². The van der Waals surface area contributed by atoms with E-state index in [1.54, 1.807) is 41.6 Å². The lowest BCUT2D eigenvalue weighted by Gasteiger charge is -2.21. The van der Waals surface area contributed by atoms with Crippen LogP contribution >= 0.6 is 0 Å². The second-order valence-electron chi connectivity index (χ2n) is 5.71. The van der Waals surface area contributed by atoms with Crippen molar-refractivity contribution in [3.05, 3.63) is 71.8 Å². The molecule has 2 aromatic rings. The van der Waals surface area contributed by atoms with E-state index >= 15 is 0 Å². The summed E-state index contributed by atoms with van der Waals surface area (Å²) in [5, 5.41) is 0. The summed E-state index contributed by atoms with van der Waals surface area (Å²) in [6, 6.07) is 10.0. The molecule has 3 nitrogen and oxygen atoms in total. The van der Waals surface area contributed by atoms with E-state index in [-0.39, 0.29) is 11.7 Å². The lowest BCUT2D eigenvalue weighted by atomic mass is 10.1. The molecule has 2 rings (SSSR count). The molecule has 1 heterocycles.